The molecule has 1 fully saturated rings. The number of hydrogen-bond donors (Lipinski definition) is 2. The van der Waals surface area contributed by atoms with Gasteiger partial charge in [0.25, 0.3) is 5.91 Å². The van der Waals surface area contributed by atoms with E-state index in [4.69, 9.17) is 0 Å². The number of piperazine rings is 1. The molecule has 0 aliphatic carbocycles. The molecule has 3 rings (SSSR count). The Bertz CT molecular complexity index is 764. The highest BCUT2D eigenvalue weighted by atomic mass is 16.1. The summed E-state index contributed by atoms with van der Waals surface area (Å²) < 4.78 is 0. The van der Waals surface area contributed by atoms with E-state index in [-0.39, 0.29) is 5.91 Å². The number of carbonyl (C=O) groups excluding carboxylic acids is 1. The van der Waals surface area contributed by atoms with Crippen LogP contribution >= 0.6 is 0 Å². The summed E-state index contributed by atoms with van der Waals surface area (Å²) in [6.45, 7) is 12.4. The molecule has 0 unspecified atom stereocenters. The molecular formula is C23H32N4O. The average Bonchev–Trinajstić information content (AvgIpc) is 2.73. The summed E-state index contributed by atoms with van der Waals surface area (Å²) in [5.74, 6) is -0.0693. The van der Waals surface area contributed by atoms with Crippen LogP contribution in [0.2, 0.25) is 0 Å². The molecule has 2 aromatic carbocycles. The molecule has 2 N–H and O–H groups in total. The summed E-state index contributed by atoms with van der Waals surface area (Å²) in [6, 6.07) is 16.5. The lowest BCUT2D eigenvalue weighted by Crippen LogP contribution is -2.48. The summed E-state index contributed by atoms with van der Waals surface area (Å²) in [6.07, 6.45) is 0. The molecule has 150 valence electrons. The van der Waals surface area contributed by atoms with Crippen molar-refractivity contribution in [3.63, 3.8) is 0 Å². The van der Waals surface area contributed by atoms with Crippen LogP contribution in [-0.4, -0.2) is 49.6 Å². The first-order chi connectivity index (χ1) is 13.6. The summed E-state index contributed by atoms with van der Waals surface area (Å²) in [4.78, 5) is 17.6. The highest BCUT2D eigenvalue weighted by Gasteiger charge is 2.19. The average molecular weight is 381 g/mol. The first kappa shape index (κ1) is 20.4. The van der Waals surface area contributed by atoms with Crippen molar-refractivity contribution in [2.75, 3.05) is 42.9 Å². The van der Waals surface area contributed by atoms with E-state index in [1.165, 1.54) is 5.69 Å². The normalized spacial score (nSPS) is 15.1. The van der Waals surface area contributed by atoms with E-state index in [0.717, 1.165) is 50.5 Å². The predicted molar refractivity (Wildman–Crippen MR) is 117 cm³/mol. The van der Waals surface area contributed by atoms with E-state index in [9.17, 15) is 4.79 Å². The standard InChI is InChI=1S/C23H32N4O/c1-4-24-17-20-7-5-6-8-22(20)25-23(28)19-9-11-21(12-10-19)27-15-13-26(14-16-27)18(2)3/h5-12,18,24H,4,13-17H2,1-3H3,(H,25,28). The maximum Gasteiger partial charge on any atom is 0.255 e. The van der Waals surface area contributed by atoms with E-state index in [2.05, 4.69) is 53.3 Å². The number of benzene rings is 2. The zero-order valence-electron chi connectivity index (χ0n) is 17.2. The summed E-state index contributed by atoms with van der Waals surface area (Å²) in [5, 5.41) is 6.37. The monoisotopic (exact) mass is 380 g/mol. The van der Waals surface area contributed by atoms with Gasteiger partial charge in [-0.1, -0.05) is 25.1 Å². The number of para-hydroxylation sites is 1. The number of anilines is 2. The summed E-state index contributed by atoms with van der Waals surface area (Å²) >= 11 is 0. The number of amides is 1. The Hall–Kier alpha value is -2.37. The maximum atomic E-state index is 12.7. The number of hydrogen-bond acceptors (Lipinski definition) is 4. The van der Waals surface area contributed by atoms with Gasteiger partial charge in [0.1, 0.15) is 0 Å². The molecule has 1 aliphatic heterocycles. The van der Waals surface area contributed by atoms with Gasteiger partial charge in [0.15, 0.2) is 0 Å². The van der Waals surface area contributed by atoms with E-state index in [0.29, 0.717) is 11.6 Å². The predicted octanol–water partition coefficient (Wildman–Crippen LogP) is 3.58. The van der Waals surface area contributed by atoms with Crippen molar-refractivity contribution in [2.24, 2.45) is 0 Å². The zero-order valence-corrected chi connectivity index (χ0v) is 17.2. The summed E-state index contributed by atoms with van der Waals surface area (Å²) in [5.41, 5.74) is 3.83. The van der Waals surface area contributed by atoms with Crippen LogP contribution in [0, 0.1) is 0 Å². The molecule has 5 heteroatoms. The van der Waals surface area contributed by atoms with Crippen LogP contribution in [0.15, 0.2) is 48.5 Å². The molecule has 0 atom stereocenters. The molecular weight excluding hydrogens is 348 g/mol. The van der Waals surface area contributed by atoms with Crippen molar-refractivity contribution in [1.29, 1.82) is 0 Å². The van der Waals surface area contributed by atoms with Crippen molar-refractivity contribution < 1.29 is 4.79 Å². The Morgan fingerprint density at radius 2 is 1.68 bits per heavy atom. The smallest absolute Gasteiger partial charge is 0.255 e. The molecule has 5 nitrogen and oxygen atoms in total. The molecule has 0 bridgehead atoms. The SMILES string of the molecule is CCNCc1ccccc1NC(=O)c1ccc(N2CCN(C(C)C)CC2)cc1. The van der Waals surface area contributed by atoms with Gasteiger partial charge in [0.05, 0.1) is 0 Å². The van der Waals surface area contributed by atoms with Gasteiger partial charge in [0.2, 0.25) is 0 Å². The second-order valence-corrected chi connectivity index (χ2v) is 7.56. The first-order valence-electron chi connectivity index (χ1n) is 10.3. The molecule has 0 radical (unpaired) electrons. The van der Waals surface area contributed by atoms with E-state index in [1.807, 2.05) is 36.4 Å². The van der Waals surface area contributed by atoms with Crippen molar-refractivity contribution in [3.05, 3.63) is 59.7 Å². The van der Waals surface area contributed by atoms with Crippen molar-refractivity contribution in [2.45, 2.75) is 33.4 Å². The number of rotatable bonds is 7. The van der Waals surface area contributed by atoms with Crippen LogP contribution in [0.4, 0.5) is 11.4 Å². The lowest BCUT2D eigenvalue weighted by atomic mass is 10.1. The van der Waals surface area contributed by atoms with Crippen LogP contribution in [0.25, 0.3) is 0 Å². The largest absolute Gasteiger partial charge is 0.369 e. The Morgan fingerprint density at radius 1 is 1.00 bits per heavy atom. The maximum absolute atomic E-state index is 12.7. The molecule has 0 saturated carbocycles. The molecule has 2 aromatic rings. The second-order valence-electron chi connectivity index (χ2n) is 7.56. The van der Waals surface area contributed by atoms with Crippen LogP contribution in [0.1, 0.15) is 36.7 Å². The van der Waals surface area contributed by atoms with Gasteiger partial charge in [-0.25, -0.2) is 0 Å². The minimum atomic E-state index is -0.0693. The van der Waals surface area contributed by atoms with Crippen molar-refractivity contribution in [3.8, 4) is 0 Å². The molecule has 1 aliphatic rings. The molecule has 28 heavy (non-hydrogen) atoms. The van der Waals surface area contributed by atoms with Crippen molar-refractivity contribution in [1.82, 2.24) is 10.2 Å². The van der Waals surface area contributed by atoms with Crippen LogP contribution in [0.5, 0.6) is 0 Å². The van der Waals surface area contributed by atoms with Gasteiger partial charge in [-0.05, 0) is 56.3 Å². The molecule has 0 aromatic heterocycles. The minimum Gasteiger partial charge on any atom is -0.369 e. The fraction of sp³-hybridized carbons (Fsp3) is 0.435. The third kappa shape index (κ3) is 5.12. The Kier molecular flexibility index (Phi) is 7.06. The van der Waals surface area contributed by atoms with Gasteiger partial charge >= 0.3 is 0 Å². The number of carbonyl (C=O) groups is 1. The fourth-order valence-electron chi connectivity index (χ4n) is 3.57. The van der Waals surface area contributed by atoms with Gasteiger partial charge in [-0.2, -0.15) is 0 Å². The lowest BCUT2D eigenvalue weighted by Gasteiger charge is -2.38. The first-order valence-corrected chi connectivity index (χ1v) is 10.3. The Morgan fingerprint density at radius 3 is 2.32 bits per heavy atom. The number of nitrogens with zero attached hydrogens (tertiary/aromatic N) is 2. The third-order valence-corrected chi connectivity index (χ3v) is 5.37. The zero-order chi connectivity index (χ0) is 19.9. The fourth-order valence-corrected chi connectivity index (χ4v) is 3.57. The topological polar surface area (TPSA) is 47.6 Å². The second kappa shape index (κ2) is 9.71. The van der Waals surface area contributed by atoms with Crippen LogP contribution < -0.4 is 15.5 Å². The molecule has 1 heterocycles. The van der Waals surface area contributed by atoms with E-state index >= 15 is 0 Å². The molecule has 1 saturated heterocycles. The van der Waals surface area contributed by atoms with Gasteiger partial charge in [-0.3, -0.25) is 9.69 Å². The molecule has 1 amide bonds. The lowest BCUT2D eigenvalue weighted by molar-refractivity contribution is 0.102. The summed E-state index contributed by atoms with van der Waals surface area (Å²) in [7, 11) is 0. The number of nitrogens with one attached hydrogen (secondary N) is 2. The van der Waals surface area contributed by atoms with E-state index in [1.54, 1.807) is 0 Å². The highest BCUT2D eigenvalue weighted by molar-refractivity contribution is 6.04. The minimum absolute atomic E-state index is 0.0693. The van der Waals surface area contributed by atoms with Gasteiger partial charge in [0, 0.05) is 55.7 Å². The Labute approximate surface area is 168 Å². The van der Waals surface area contributed by atoms with E-state index < -0.39 is 0 Å². The quantitative estimate of drug-likeness (QED) is 0.771. The van der Waals surface area contributed by atoms with Crippen molar-refractivity contribution >= 4 is 17.3 Å². The van der Waals surface area contributed by atoms with Gasteiger partial charge < -0.3 is 15.5 Å². The van der Waals surface area contributed by atoms with Crippen LogP contribution in [0.3, 0.4) is 0 Å². The Balaban J connectivity index is 1.62. The molecule has 0 spiro atoms. The van der Waals surface area contributed by atoms with Crippen LogP contribution in [-0.2, 0) is 6.54 Å². The highest BCUT2D eigenvalue weighted by Crippen LogP contribution is 2.20. The third-order valence-electron chi connectivity index (χ3n) is 5.37. The van der Waals surface area contributed by atoms with Gasteiger partial charge in [-0.15, -0.1) is 0 Å².